The molecular formula is C17H19N3O5S. The van der Waals surface area contributed by atoms with Gasteiger partial charge in [0.2, 0.25) is 5.91 Å². The van der Waals surface area contributed by atoms with Gasteiger partial charge in [-0.1, -0.05) is 23.9 Å². The Labute approximate surface area is 154 Å². The fourth-order valence-electron chi connectivity index (χ4n) is 2.05. The van der Waals surface area contributed by atoms with E-state index in [2.05, 4.69) is 20.0 Å². The first-order valence-electron chi connectivity index (χ1n) is 7.70. The maximum Gasteiger partial charge on any atom is 0.311 e. The molecule has 0 spiro atoms. The number of carbonyl (C=O) groups excluding carboxylic acids is 2. The van der Waals surface area contributed by atoms with Crippen molar-refractivity contribution >= 4 is 29.3 Å². The van der Waals surface area contributed by atoms with Crippen LogP contribution in [0.5, 0.6) is 5.75 Å². The zero-order valence-corrected chi connectivity index (χ0v) is 15.4. The van der Waals surface area contributed by atoms with Crippen molar-refractivity contribution in [3.8, 4) is 5.75 Å². The molecule has 2 N–H and O–H groups in total. The van der Waals surface area contributed by atoms with Crippen LogP contribution in [0.15, 0.2) is 40.3 Å². The summed E-state index contributed by atoms with van der Waals surface area (Å²) < 4.78 is 9.77. The molecule has 138 valence electrons. The highest BCUT2D eigenvalue weighted by molar-refractivity contribution is 8.00. The topological polar surface area (TPSA) is 110 Å². The first-order valence-corrected chi connectivity index (χ1v) is 8.58. The van der Waals surface area contributed by atoms with E-state index in [-0.39, 0.29) is 23.2 Å². The molecule has 0 aliphatic rings. The predicted molar refractivity (Wildman–Crippen MR) is 97.5 cm³/mol. The number of methoxy groups -OCH3 is 2. The highest BCUT2D eigenvalue weighted by Gasteiger charge is 2.18. The van der Waals surface area contributed by atoms with Gasteiger partial charge < -0.3 is 19.8 Å². The van der Waals surface area contributed by atoms with Gasteiger partial charge in [-0.15, -0.1) is 0 Å². The SMILES string of the molecule is COC(=O)Cc1cc(=O)[nH]c(SC(C)C(=O)Nc2ccccc2OC)n1. The quantitative estimate of drug-likeness (QED) is 0.428. The second kappa shape index (κ2) is 9.04. The van der Waals surface area contributed by atoms with E-state index in [0.717, 1.165) is 11.8 Å². The van der Waals surface area contributed by atoms with Crippen molar-refractivity contribution in [2.75, 3.05) is 19.5 Å². The molecule has 9 heteroatoms. The number of anilines is 1. The molecule has 0 aliphatic heterocycles. The van der Waals surface area contributed by atoms with Crippen molar-refractivity contribution in [3.05, 3.63) is 46.4 Å². The third kappa shape index (κ3) is 5.35. The normalized spacial score (nSPS) is 11.5. The average Bonchev–Trinajstić information content (AvgIpc) is 2.61. The van der Waals surface area contributed by atoms with Gasteiger partial charge in [0.25, 0.3) is 5.56 Å². The van der Waals surface area contributed by atoms with E-state index < -0.39 is 16.8 Å². The number of nitrogens with zero attached hydrogens (tertiary/aromatic N) is 1. The molecule has 1 atom stereocenters. The molecule has 2 aromatic rings. The number of para-hydroxylation sites is 2. The van der Waals surface area contributed by atoms with Crippen LogP contribution in [0.3, 0.4) is 0 Å². The van der Waals surface area contributed by atoms with Gasteiger partial charge in [-0.25, -0.2) is 4.98 Å². The summed E-state index contributed by atoms with van der Waals surface area (Å²) in [6.07, 6.45) is -0.115. The first-order chi connectivity index (χ1) is 12.4. The molecule has 1 unspecified atom stereocenters. The van der Waals surface area contributed by atoms with Crippen molar-refractivity contribution in [1.82, 2.24) is 9.97 Å². The number of ether oxygens (including phenoxy) is 2. The number of carbonyl (C=O) groups is 2. The molecule has 26 heavy (non-hydrogen) atoms. The Kier molecular flexibility index (Phi) is 6.79. The summed E-state index contributed by atoms with van der Waals surface area (Å²) >= 11 is 1.08. The Morgan fingerprint density at radius 2 is 2.04 bits per heavy atom. The number of aromatic nitrogens is 2. The first kappa shape index (κ1) is 19.5. The standard InChI is InChI=1S/C17H19N3O5S/c1-10(16(23)19-12-6-4-5-7-13(12)24-2)26-17-18-11(8-14(21)20-17)9-15(22)25-3/h4-8,10H,9H2,1-3H3,(H,19,23)(H,18,20,21). The molecule has 0 radical (unpaired) electrons. The number of esters is 1. The highest BCUT2D eigenvalue weighted by atomic mass is 32.2. The van der Waals surface area contributed by atoms with Crippen molar-refractivity contribution in [3.63, 3.8) is 0 Å². The largest absolute Gasteiger partial charge is 0.495 e. The van der Waals surface area contributed by atoms with Crippen LogP contribution in [-0.2, 0) is 20.7 Å². The number of hydrogen-bond donors (Lipinski definition) is 2. The summed E-state index contributed by atoms with van der Waals surface area (Å²) in [5.74, 6) is -0.230. The minimum Gasteiger partial charge on any atom is -0.495 e. The molecule has 1 aromatic heterocycles. The van der Waals surface area contributed by atoms with E-state index in [1.165, 1.54) is 20.3 Å². The van der Waals surface area contributed by atoms with Crippen LogP contribution in [0.1, 0.15) is 12.6 Å². The number of hydrogen-bond acceptors (Lipinski definition) is 7. The van der Waals surface area contributed by atoms with Crippen molar-refractivity contribution in [2.24, 2.45) is 0 Å². The number of nitrogens with one attached hydrogen (secondary N) is 2. The van der Waals surface area contributed by atoms with Crippen LogP contribution in [-0.4, -0.2) is 41.3 Å². The zero-order valence-electron chi connectivity index (χ0n) is 14.6. The van der Waals surface area contributed by atoms with Crippen LogP contribution in [0.4, 0.5) is 5.69 Å². The minimum atomic E-state index is -0.545. The minimum absolute atomic E-state index is 0.115. The van der Waals surface area contributed by atoms with Gasteiger partial charge in [0.1, 0.15) is 5.75 Å². The highest BCUT2D eigenvalue weighted by Crippen LogP contribution is 2.25. The Balaban J connectivity index is 2.08. The summed E-state index contributed by atoms with van der Waals surface area (Å²) in [5.41, 5.74) is 0.424. The van der Waals surface area contributed by atoms with Gasteiger partial charge in [-0.3, -0.25) is 14.4 Å². The number of rotatable bonds is 7. The molecule has 1 amide bonds. The average molecular weight is 377 g/mol. The van der Waals surface area contributed by atoms with E-state index in [1.807, 2.05) is 0 Å². The second-order valence-electron chi connectivity index (χ2n) is 5.24. The van der Waals surface area contributed by atoms with Crippen LogP contribution >= 0.6 is 11.8 Å². The van der Waals surface area contributed by atoms with Crippen molar-refractivity contribution in [1.29, 1.82) is 0 Å². The lowest BCUT2D eigenvalue weighted by atomic mass is 10.3. The lowest BCUT2D eigenvalue weighted by Gasteiger charge is -2.13. The number of aromatic amines is 1. The van der Waals surface area contributed by atoms with Gasteiger partial charge in [-0.2, -0.15) is 0 Å². The maximum absolute atomic E-state index is 12.4. The van der Waals surface area contributed by atoms with E-state index in [9.17, 15) is 14.4 Å². The molecule has 0 bridgehead atoms. The van der Waals surface area contributed by atoms with Gasteiger partial charge in [0.05, 0.1) is 37.3 Å². The Bertz CT molecular complexity index is 852. The Morgan fingerprint density at radius 3 is 2.73 bits per heavy atom. The van der Waals surface area contributed by atoms with E-state index in [4.69, 9.17) is 4.74 Å². The van der Waals surface area contributed by atoms with Crippen LogP contribution in [0, 0.1) is 0 Å². The zero-order chi connectivity index (χ0) is 19.1. The fraction of sp³-hybridized carbons (Fsp3) is 0.294. The molecule has 0 aliphatic carbocycles. The lowest BCUT2D eigenvalue weighted by Crippen LogP contribution is -2.23. The van der Waals surface area contributed by atoms with E-state index >= 15 is 0 Å². The summed E-state index contributed by atoms with van der Waals surface area (Å²) in [6.45, 7) is 1.68. The number of benzene rings is 1. The molecule has 2 rings (SSSR count). The smallest absolute Gasteiger partial charge is 0.311 e. The van der Waals surface area contributed by atoms with Crippen molar-refractivity contribution < 1.29 is 19.1 Å². The van der Waals surface area contributed by atoms with Gasteiger partial charge in [0.15, 0.2) is 5.16 Å². The summed E-state index contributed by atoms with van der Waals surface area (Å²) in [4.78, 5) is 42.2. The Hall–Kier alpha value is -2.81. The summed E-state index contributed by atoms with van der Waals surface area (Å²) in [6, 6.07) is 8.27. The summed E-state index contributed by atoms with van der Waals surface area (Å²) in [7, 11) is 2.78. The molecule has 1 heterocycles. The third-order valence-electron chi connectivity index (χ3n) is 3.35. The van der Waals surface area contributed by atoms with E-state index in [1.54, 1.807) is 31.2 Å². The number of H-pyrrole nitrogens is 1. The third-order valence-corrected chi connectivity index (χ3v) is 4.33. The monoisotopic (exact) mass is 377 g/mol. The molecular weight excluding hydrogens is 358 g/mol. The molecule has 0 saturated carbocycles. The van der Waals surface area contributed by atoms with E-state index in [0.29, 0.717) is 11.4 Å². The maximum atomic E-state index is 12.4. The molecule has 1 aromatic carbocycles. The summed E-state index contributed by atoms with van der Waals surface area (Å²) in [5, 5.41) is 2.48. The van der Waals surface area contributed by atoms with Crippen LogP contribution in [0.2, 0.25) is 0 Å². The molecule has 0 fully saturated rings. The number of thioether (sulfide) groups is 1. The predicted octanol–water partition coefficient (Wildman–Crippen LogP) is 1.61. The lowest BCUT2D eigenvalue weighted by molar-refractivity contribution is -0.139. The van der Waals surface area contributed by atoms with Crippen LogP contribution < -0.4 is 15.6 Å². The molecule has 8 nitrogen and oxygen atoms in total. The number of amides is 1. The molecule has 0 saturated heterocycles. The van der Waals surface area contributed by atoms with Gasteiger partial charge >= 0.3 is 5.97 Å². The van der Waals surface area contributed by atoms with Gasteiger partial charge in [0, 0.05) is 6.07 Å². The van der Waals surface area contributed by atoms with Crippen molar-refractivity contribution in [2.45, 2.75) is 23.8 Å². The Morgan fingerprint density at radius 1 is 1.31 bits per heavy atom. The fourth-order valence-corrected chi connectivity index (χ4v) is 2.88. The second-order valence-corrected chi connectivity index (χ2v) is 6.57. The van der Waals surface area contributed by atoms with Crippen LogP contribution in [0.25, 0.3) is 0 Å². The van der Waals surface area contributed by atoms with Gasteiger partial charge in [-0.05, 0) is 19.1 Å².